The van der Waals surface area contributed by atoms with E-state index < -0.39 is 29.7 Å². The number of hydrogen-bond acceptors (Lipinski definition) is 3. The molecule has 130 valence electrons. The van der Waals surface area contributed by atoms with Gasteiger partial charge >= 0.3 is 5.97 Å². The van der Waals surface area contributed by atoms with Gasteiger partial charge in [-0.15, -0.1) is 0 Å². The number of carbonyl (C=O) groups is 3. The first-order valence-electron chi connectivity index (χ1n) is 7.52. The van der Waals surface area contributed by atoms with Crippen molar-refractivity contribution in [3.8, 4) is 0 Å². The maximum Gasteiger partial charge on any atom is 0.326 e. The van der Waals surface area contributed by atoms with Crippen molar-refractivity contribution in [2.75, 3.05) is 11.4 Å². The molecule has 0 aliphatic carbocycles. The lowest BCUT2D eigenvalue weighted by atomic mass is 10.0. The smallest absolute Gasteiger partial charge is 0.326 e. The average molecular weight is 373 g/mol. The lowest BCUT2D eigenvalue weighted by Gasteiger charge is -2.21. The van der Waals surface area contributed by atoms with Gasteiger partial charge < -0.3 is 15.3 Å². The van der Waals surface area contributed by atoms with Crippen LogP contribution in [0.3, 0.4) is 0 Å². The van der Waals surface area contributed by atoms with E-state index in [-0.39, 0.29) is 12.3 Å². The predicted molar refractivity (Wildman–Crippen MR) is 91.3 cm³/mol. The standard InChI is InChI=1S/C16H18Cl2N2O4/c1-8(2)13(16(23)24)19-14(21)10-5-6-20(15(10)22)12-7-9(17)3-4-11(12)18/h3-4,7-8,10,13H,5-6H2,1-2H3,(H,19,21)(H,23,24)/t10?,13-/m1/s1. The number of nitrogens with zero attached hydrogens (tertiary/aromatic N) is 1. The molecule has 6 nitrogen and oxygen atoms in total. The number of carbonyl (C=O) groups excluding carboxylic acids is 2. The normalized spacial score (nSPS) is 18.8. The molecule has 0 spiro atoms. The zero-order valence-corrected chi connectivity index (χ0v) is 14.8. The molecule has 1 aliphatic rings. The van der Waals surface area contributed by atoms with Gasteiger partial charge in [0.25, 0.3) is 0 Å². The number of amides is 2. The molecule has 2 amide bonds. The molecule has 8 heteroatoms. The number of carboxylic acids is 1. The highest BCUT2D eigenvalue weighted by molar-refractivity contribution is 6.36. The summed E-state index contributed by atoms with van der Waals surface area (Å²) >= 11 is 12.0. The third-order valence-electron chi connectivity index (χ3n) is 3.95. The molecule has 2 N–H and O–H groups in total. The fourth-order valence-electron chi connectivity index (χ4n) is 2.62. The molecule has 0 radical (unpaired) electrons. The van der Waals surface area contributed by atoms with Gasteiger partial charge in [0.2, 0.25) is 11.8 Å². The number of aliphatic carboxylic acids is 1. The van der Waals surface area contributed by atoms with Crippen molar-refractivity contribution in [2.24, 2.45) is 11.8 Å². The van der Waals surface area contributed by atoms with Crippen molar-refractivity contribution >= 4 is 46.7 Å². The summed E-state index contributed by atoms with van der Waals surface area (Å²) in [4.78, 5) is 37.5. The number of rotatable bonds is 5. The van der Waals surface area contributed by atoms with Gasteiger partial charge in [0.1, 0.15) is 12.0 Å². The molecule has 1 aromatic rings. The van der Waals surface area contributed by atoms with E-state index in [4.69, 9.17) is 28.3 Å². The van der Waals surface area contributed by atoms with E-state index in [0.717, 1.165) is 0 Å². The third-order valence-corrected chi connectivity index (χ3v) is 4.51. The van der Waals surface area contributed by atoms with Crippen molar-refractivity contribution in [1.82, 2.24) is 5.32 Å². The number of hydrogen-bond donors (Lipinski definition) is 2. The van der Waals surface area contributed by atoms with E-state index in [1.165, 1.54) is 4.90 Å². The first-order valence-corrected chi connectivity index (χ1v) is 8.27. The van der Waals surface area contributed by atoms with Gasteiger partial charge in [0, 0.05) is 11.6 Å². The number of carboxylic acid groups (broad SMARTS) is 1. The van der Waals surface area contributed by atoms with Gasteiger partial charge in [-0.05, 0) is 30.5 Å². The zero-order chi connectivity index (χ0) is 18.0. The minimum Gasteiger partial charge on any atom is -0.480 e. The van der Waals surface area contributed by atoms with Crippen LogP contribution < -0.4 is 10.2 Å². The van der Waals surface area contributed by atoms with Gasteiger partial charge in [-0.25, -0.2) is 4.79 Å². The van der Waals surface area contributed by atoms with Crippen LogP contribution in [-0.4, -0.2) is 35.5 Å². The van der Waals surface area contributed by atoms with E-state index in [2.05, 4.69) is 5.32 Å². The highest BCUT2D eigenvalue weighted by Gasteiger charge is 2.40. The summed E-state index contributed by atoms with van der Waals surface area (Å²) < 4.78 is 0. The van der Waals surface area contributed by atoms with Crippen LogP contribution >= 0.6 is 23.2 Å². The first kappa shape index (κ1) is 18.5. The molecule has 1 aromatic carbocycles. The summed E-state index contributed by atoms with van der Waals surface area (Å²) in [6.07, 6.45) is 0.290. The molecule has 0 aromatic heterocycles. The number of anilines is 1. The van der Waals surface area contributed by atoms with Crippen LogP contribution in [0.5, 0.6) is 0 Å². The third kappa shape index (κ3) is 3.82. The Bertz CT molecular complexity index is 678. The molecule has 2 rings (SSSR count). The predicted octanol–water partition coefficient (Wildman–Crippen LogP) is 2.57. The second-order valence-electron chi connectivity index (χ2n) is 6.00. The Hall–Kier alpha value is -1.79. The molecule has 1 fully saturated rings. The molecule has 0 saturated carbocycles. The lowest BCUT2D eigenvalue weighted by molar-refractivity contribution is -0.144. The van der Waals surface area contributed by atoms with E-state index in [1.54, 1.807) is 32.0 Å². The van der Waals surface area contributed by atoms with Crippen molar-refractivity contribution in [3.05, 3.63) is 28.2 Å². The second-order valence-corrected chi connectivity index (χ2v) is 6.84. The molecule has 1 heterocycles. The number of benzene rings is 1. The summed E-state index contributed by atoms with van der Waals surface area (Å²) in [6.45, 7) is 3.69. The average Bonchev–Trinajstić information content (AvgIpc) is 2.88. The van der Waals surface area contributed by atoms with E-state index in [0.29, 0.717) is 22.3 Å². The van der Waals surface area contributed by atoms with Gasteiger partial charge in [-0.2, -0.15) is 0 Å². The number of halogens is 2. The van der Waals surface area contributed by atoms with Gasteiger partial charge in [0.15, 0.2) is 0 Å². The lowest BCUT2D eigenvalue weighted by Crippen LogP contribution is -2.48. The Labute approximate surface area is 149 Å². The Morgan fingerprint density at radius 3 is 2.58 bits per heavy atom. The fourth-order valence-corrected chi connectivity index (χ4v) is 3.01. The van der Waals surface area contributed by atoms with Crippen LogP contribution in [0.2, 0.25) is 10.0 Å². The SMILES string of the molecule is CC(C)[C@@H](NC(=O)C1CCN(c2cc(Cl)ccc2Cl)C1=O)C(=O)O. The maximum absolute atomic E-state index is 12.5. The zero-order valence-electron chi connectivity index (χ0n) is 13.3. The molecule has 1 aliphatic heterocycles. The van der Waals surface area contributed by atoms with Crippen molar-refractivity contribution in [3.63, 3.8) is 0 Å². The second kappa shape index (κ2) is 7.40. The molecule has 1 saturated heterocycles. The molecular weight excluding hydrogens is 355 g/mol. The first-order chi connectivity index (χ1) is 11.2. The van der Waals surface area contributed by atoms with Gasteiger partial charge in [-0.1, -0.05) is 37.0 Å². The highest BCUT2D eigenvalue weighted by atomic mass is 35.5. The quantitative estimate of drug-likeness (QED) is 0.777. The Balaban J connectivity index is 2.15. The van der Waals surface area contributed by atoms with E-state index >= 15 is 0 Å². The van der Waals surface area contributed by atoms with Crippen molar-refractivity contribution < 1.29 is 19.5 Å². The van der Waals surface area contributed by atoms with Crippen molar-refractivity contribution in [1.29, 1.82) is 0 Å². The molecule has 24 heavy (non-hydrogen) atoms. The van der Waals surface area contributed by atoms with Gasteiger partial charge in [-0.3, -0.25) is 9.59 Å². The summed E-state index contributed by atoms with van der Waals surface area (Å²) in [7, 11) is 0. The molecule has 0 bridgehead atoms. The van der Waals surface area contributed by atoms with E-state index in [9.17, 15) is 14.4 Å². The van der Waals surface area contributed by atoms with Crippen LogP contribution in [0.15, 0.2) is 18.2 Å². The molecule has 1 unspecified atom stereocenters. The van der Waals surface area contributed by atoms with Crippen LogP contribution in [0.4, 0.5) is 5.69 Å². The Kier molecular flexibility index (Phi) is 5.72. The summed E-state index contributed by atoms with van der Waals surface area (Å²) in [5.74, 6) is -3.34. The Morgan fingerprint density at radius 1 is 1.33 bits per heavy atom. The largest absolute Gasteiger partial charge is 0.480 e. The van der Waals surface area contributed by atoms with Crippen LogP contribution in [0.25, 0.3) is 0 Å². The molecular formula is C16H18Cl2N2O4. The Morgan fingerprint density at radius 2 is 2.00 bits per heavy atom. The van der Waals surface area contributed by atoms with Crippen LogP contribution in [0, 0.1) is 11.8 Å². The minimum atomic E-state index is -1.13. The monoisotopic (exact) mass is 372 g/mol. The summed E-state index contributed by atoms with van der Waals surface area (Å²) in [5, 5.41) is 12.4. The van der Waals surface area contributed by atoms with Crippen LogP contribution in [-0.2, 0) is 14.4 Å². The van der Waals surface area contributed by atoms with Gasteiger partial charge in [0.05, 0.1) is 10.7 Å². The fraction of sp³-hybridized carbons (Fsp3) is 0.438. The molecule has 2 atom stereocenters. The summed E-state index contributed by atoms with van der Waals surface area (Å²) in [5.41, 5.74) is 0.447. The topological polar surface area (TPSA) is 86.7 Å². The maximum atomic E-state index is 12.5. The van der Waals surface area contributed by atoms with Crippen molar-refractivity contribution in [2.45, 2.75) is 26.3 Å². The summed E-state index contributed by atoms with van der Waals surface area (Å²) in [6, 6.07) is 3.72. The van der Waals surface area contributed by atoms with E-state index in [1.807, 2.05) is 0 Å². The highest BCUT2D eigenvalue weighted by Crippen LogP contribution is 2.33. The number of nitrogens with one attached hydrogen (secondary N) is 1. The van der Waals surface area contributed by atoms with Crippen LogP contribution in [0.1, 0.15) is 20.3 Å². The minimum absolute atomic E-state index is 0.290.